The first-order valence-corrected chi connectivity index (χ1v) is 15.8. The second-order valence-electron chi connectivity index (χ2n) is 13.6. The summed E-state index contributed by atoms with van der Waals surface area (Å²) in [6.07, 6.45) is -6.95. The van der Waals surface area contributed by atoms with E-state index in [1.807, 2.05) is 6.92 Å². The topological polar surface area (TPSA) is 126 Å². The molecule has 0 saturated heterocycles. The number of anilines is 2. The third kappa shape index (κ3) is 10.5. The molecule has 1 N–H and O–H groups in total. The molecule has 0 bridgehead atoms. The van der Waals surface area contributed by atoms with Crippen LogP contribution in [-0.2, 0) is 32.1 Å². The van der Waals surface area contributed by atoms with Gasteiger partial charge in [-0.25, -0.2) is 14.0 Å². The second kappa shape index (κ2) is 15.3. The standard InChI is InChI=1S/C34H43F4N3O8/c1-8-9-15-39(31(46)49-33(5,6)7)18-22-16-23-24(41(22)30(44)45)17-25(47-20-21-13-11-10-12-14-21)28(27(23)35)40(29(43)34(36,37)38)19-26(42)48-32(2,3)4/h10-14,17,22H,8-9,15-16,18-20H2,1-7H3,(H,44,45)/t22-/m1/s1. The van der Waals surface area contributed by atoms with Crippen LogP contribution in [0.5, 0.6) is 5.75 Å². The van der Waals surface area contributed by atoms with E-state index in [-0.39, 0.29) is 42.3 Å². The van der Waals surface area contributed by atoms with Crippen LogP contribution < -0.4 is 14.5 Å². The fourth-order valence-electron chi connectivity index (χ4n) is 5.17. The van der Waals surface area contributed by atoms with Gasteiger partial charge < -0.3 is 24.2 Å². The average Bonchev–Trinajstić information content (AvgIpc) is 3.33. The Balaban J connectivity index is 2.19. The zero-order valence-electron chi connectivity index (χ0n) is 28.6. The van der Waals surface area contributed by atoms with Gasteiger partial charge in [0.05, 0.1) is 11.7 Å². The molecule has 1 aliphatic heterocycles. The van der Waals surface area contributed by atoms with Crippen molar-refractivity contribution in [1.29, 1.82) is 0 Å². The van der Waals surface area contributed by atoms with Gasteiger partial charge in [-0.15, -0.1) is 0 Å². The number of fused-ring (bicyclic) bond motifs is 1. The normalized spacial score (nSPS) is 14.6. The van der Waals surface area contributed by atoms with Crippen molar-refractivity contribution in [3.05, 3.63) is 53.3 Å². The Labute approximate surface area is 282 Å². The van der Waals surface area contributed by atoms with Gasteiger partial charge in [0.15, 0.2) is 5.82 Å². The minimum atomic E-state index is -5.55. The van der Waals surface area contributed by atoms with Crippen LogP contribution in [0.3, 0.4) is 0 Å². The lowest BCUT2D eigenvalue weighted by molar-refractivity contribution is -0.171. The van der Waals surface area contributed by atoms with Gasteiger partial charge in [-0.1, -0.05) is 43.7 Å². The van der Waals surface area contributed by atoms with Crippen LogP contribution in [0, 0.1) is 5.82 Å². The van der Waals surface area contributed by atoms with Crippen molar-refractivity contribution in [2.24, 2.45) is 0 Å². The third-order valence-corrected chi connectivity index (χ3v) is 7.12. The van der Waals surface area contributed by atoms with Gasteiger partial charge in [-0.05, 0) is 53.5 Å². The minimum absolute atomic E-state index is 0.100. The summed E-state index contributed by atoms with van der Waals surface area (Å²) in [5.74, 6) is -5.84. The van der Waals surface area contributed by atoms with Crippen LogP contribution in [0.1, 0.15) is 72.4 Å². The van der Waals surface area contributed by atoms with E-state index in [0.29, 0.717) is 18.4 Å². The number of carbonyl (C=O) groups excluding carboxylic acids is 3. The van der Waals surface area contributed by atoms with E-state index >= 15 is 4.39 Å². The number of nitrogens with zero attached hydrogens (tertiary/aromatic N) is 3. The van der Waals surface area contributed by atoms with Crippen molar-refractivity contribution in [2.75, 3.05) is 29.4 Å². The smallest absolute Gasteiger partial charge is 0.471 e. The minimum Gasteiger partial charge on any atom is -0.487 e. The molecule has 2 aromatic rings. The molecule has 3 amide bonds. The highest BCUT2D eigenvalue weighted by Crippen LogP contribution is 2.45. The maximum atomic E-state index is 16.8. The molecule has 49 heavy (non-hydrogen) atoms. The maximum absolute atomic E-state index is 16.8. The second-order valence-corrected chi connectivity index (χ2v) is 13.6. The van der Waals surface area contributed by atoms with Crippen LogP contribution in [0.25, 0.3) is 0 Å². The molecule has 1 atom stereocenters. The number of amides is 3. The number of carbonyl (C=O) groups is 4. The molecular formula is C34H43F4N3O8. The van der Waals surface area contributed by atoms with Crippen molar-refractivity contribution in [1.82, 2.24) is 4.90 Å². The largest absolute Gasteiger partial charge is 0.487 e. The molecule has 1 aliphatic rings. The number of rotatable bonds is 11. The summed E-state index contributed by atoms with van der Waals surface area (Å²) in [6, 6.07) is 8.23. The number of esters is 1. The van der Waals surface area contributed by atoms with E-state index in [9.17, 15) is 37.5 Å². The number of hydrogen-bond donors (Lipinski definition) is 1. The number of carboxylic acid groups (broad SMARTS) is 1. The molecule has 0 spiro atoms. The molecule has 0 aromatic heterocycles. The summed E-state index contributed by atoms with van der Waals surface area (Å²) in [5, 5.41) is 10.3. The number of halogens is 4. The van der Waals surface area contributed by atoms with E-state index in [2.05, 4.69) is 0 Å². The Bertz CT molecular complexity index is 1520. The molecule has 0 radical (unpaired) electrons. The highest BCUT2D eigenvalue weighted by Gasteiger charge is 2.47. The van der Waals surface area contributed by atoms with Gasteiger partial charge in [0, 0.05) is 31.1 Å². The number of benzene rings is 2. The lowest BCUT2D eigenvalue weighted by Crippen LogP contribution is -2.48. The number of unbranched alkanes of at least 4 members (excludes halogenated alkanes) is 1. The Kier molecular flexibility index (Phi) is 12.2. The van der Waals surface area contributed by atoms with Crippen LogP contribution >= 0.6 is 0 Å². The Morgan fingerprint density at radius 1 is 0.980 bits per heavy atom. The van der Waals surface area contributed by atoms with Gasteiger partial charge in [0.1, 0.15) is 35.8 Å². The molecule has 1 heterocycles. The van der Waals surface area contributed by atoms with Gasteiger partial charge in [-0.3, -0.25) is 19.4 Å². The molecule has 0 fully saturated rings. The van der Waals surface area contributed by atoms with E-state index in [1.165, 1.54) is 25.7 Å². The van der Waals surface area contributed by atoms with Gasteiger partial charge >= 0.3 is 30.2 Å². The van der Waals surface area contributed by atoms with Crippen LogP contribution in [0.4, 0.5) is 38.5 Å². The van der Waals surface area contributed by atoms with Crippen molar-refractivity contribution >= 4 is 35.4 Å². The predicted molar refractivity (Wildman–Crippen MR) is 172 cm³/mol. The molecule has 11 nitrogen and oxygen atoms in total. The van der Waals surface area contributed by atoms with Crippen LogP contribution in [0.2, 0.25) is 0 Å². The zero-order chi connectivity index (χ0) is 36.9. The highest BCUT2D eigenvalue weighted by molar-refractivity contribution is 6.03. The first-order valence-electron chi connectivity index (χ1n) is 15.8. The molecule has 0 unspecified atom stereocenters. The number of ether oxygens (including phenoxy) is 3. The predicted octanol–water partition coefficient (Wildman–Crippen LogP) is 7.09. The first-order chi connectivity index (χ1) is 22.6. The monoisotopic (exact) mass is 697 g/mol. The molecule has 270 valence electrons. The summed E-state index contributed by atoms with van der Waals surface area (Å²) < 4.78 is 75.2. The van der Waals surface area contributed by atoms with E-state index in [1.54, 1.807) is 51.1 Å². The Hall–Kier alpha value is -4.56. The van der Waals surface area contributed by atoms with Crippen LogP contribution in [0.15, 0.2) is 36.4 Å². The maximum Gasteiger partial charge on any atom is 0.471 e. The summed E-state index contributed by atoms with van der Waals surface area (Å²) in [6.45, 7) is 9.58. The lowest BCUT2D eigenvalue weighted by atomic mass is 10.1. The average molecular weight is 698 g/mol. The van der Waals surface area contributed by atoms with Crippen molar-refractivity contribution in [3.8, 4) is 5.75 Å². The fraction of sp³-hybridized carbons (Fsp3) is 0.529. The van der Waals surface area contributed by atoms with E-state index in [4.69, 9.17) is 14.2 Å². The molecule has 2 aromatic carbocycles. The number of hydrogen-bond acceptors (Lipinski definition) is 7. The van der Waals surface area contributed by atoms with Crippen molar-refractivity contribution in [3.63, 3.8) is 0 Å². The van der Waals surface area contributed by atoms with Crippen molar-refractivity contribution < 1.29 is 56.1 Å². The van der Waals surface area contributed by atoms with Gasteiger partial charge in [0.25, 0.3) is 0 Å². The Morgan fingerprint density at radius 3 is 2.12 bits per heavy atom. The van der Waals surface area contributed by atoms with Crippen molar-refractivity contribution in [2.45, 2.75) is 97.8 Å². The summed E-state index contributed by atoms with van der Waals surface area (Å²) in [7, 11) is 0. The SMILES string of the molecule is CCCCN(C[C@H]1Cc2c(cc(OCc3ccccc3)c(N(CC(=O)OC(C)(C)C)C(=O)C(F)(F)F)c2F)N1C(=O)O)C(=O)OC(C)(C)C. The lowest BCUT2D eigenvalue weighted by Gasteiger charge is -2.31. The quantitative estimate of drug-likeness (QED) is 0.195. The van der Waals surface area contributed by atoms with Gasteiger partial charge in [-0.2, -0.15) is 13.2 Å². The van der Waals surface area contributed by atoms with Gasteiger partial charge in [0.2, 0.25) is 0 Å². The molecule has 15 heteroatoms. The fourth-order valence-corrected chi connectivity index (χ4v) is 5.17. The first kappa shape index (κ1) is 38.9. The highest BCUT2D eigenvalue weighted by atomic mass is 19.4. The summed E-state index contributed by atoms with van der Waals surface area (Å²) in [5.41, 5.74) is -3.12. The third-order valence-electron chi connectivity index (χ3n) is 7.12. The molecule has 0 saturated carbocycles. The van der Waals surface area contributed by atoms with E-state index < -0.39 is 71.3 Å². The Morgan fingerprint density at radius 2 is 1.59 bits per heavy atom. The zero-order valence-corrected chi connectivity index (χ0v) is 28.6. The molecular weight excluding hydrogens is 654 g/mol. The summed E-state index contributed by atoms with van der Waals surface area (Å²) >= 11 is 0. The number of alkyl halides is 3. The molecule has 0 aliphatic carbocycles. The molecule has 3 rings (SSSR count). The van der Waals surface area contributed by atoms with Crippen LogP contribution in [-0.4, -0.2) is 77.1 Å². The van der Waals surface area contributed by atoms with E-state index in [0.717, 1.165) is 11.0 Å². The summed E-state index contributed by atoms with van der Waals surface area (Å²) in [4.78, 5) is 53.4.